The Balaban J connectivity index is 1.69. The van der Waals surface area contributed by atoms with Gasteiger partial charge in [0.15, 0.2) is 0 Å². The summed E-state index contributed by atoms with van der Waals surface area (Å²) in [6.07, 6.45) is 0. The van der Waals surface area contributed by atoms with Crippen molar-refractivity contribution in [3.63, 3.8) is 0 Å². The Hall–Kier alpha value is -2.51. The second kappa shape index (κ2) is 7.58. The highest BCUT2D eigenvalue weighted by Gasteiger charge is 2.15. The molecule has 0 bridgehead atoms. The lowest BCUT2D eigenvalue weighted by molar-refractivity contribution is 0.0948. The van der Waals surface area contributed by atoms with E-state index in [4.69, 9.17) is 11.6 Å². The maximum Gasteiger partial charge on any atom is 0.266 e. The first-order valence-corrected chi connectivity index (χ1v) is 8.66. The number of carbonyl (C=O) groups is 1. The van der Waals surface area contributed by atoms with Crippen LogP contribution in [-0.2, 0) is 6.54 Å². The lowest BCUT2D eigenvalue weighted by Gasteiger charge is -2.09. The van der Waals surface area contributed by atoms with E-state index in [0.29, 0.717) is 5.69 Å². The van der Waals surface area contributed by atoms with E-state index in [2.05, 4.69) is 10.4 Å². The van der Waals surface area contributed by atoms with Gasteiger partial charge in [-0.2, -0.15) is 5.10 Å². The summed E-state index contributed by atoms with van der Waals surface area (Å²) in [6.45, 7) is 0.278. The van der Waals surface area contributed by atoms with E-state index in [0.717, 1.165) is 10.9 Å². The molecule has 2 heterocycles. The fourth-order valence-corrected chi connectivity index (χ4v) is 3.18. The molecule has 1 amide bonds. The Kier molecular flexibility index (Phi) is 5.25. The zero-order chi connectivity index (χ0) is 17.8. The van der Waals surface area contributed by atoms with Gasteiger partial charge in [0.1, 0.15) is 11.5 Å². The minimum atomic E-state index is -0.694. The molecule has 0 spiro atoms. The average Bonchev–Trinajstić information content (AvgIpc) is 3.11. The Labute approximate surface area is 151 Å². The minimum absolute atomic E-state index is 0.0347. The van der Waals surface area contributed by atoms with E-state index in [1.54, 1.807) is 6.07 Å². The monoisotopic (exact) mass is 377 g/mol. The summed E-state index contributed by atoms with van der Waals surface area (Å²) in [5.74, 6) is -1.33. The Morgan fingerprint density at radius 3 is 2.80 bits per heavy atom. The van der Waals surface area contributed by atoms with Crippen molar-refractivity contribution in [3.8, 4) is 10.6 Å². The molecule has 0 fully saturated rings. The molecule has 0 radical (unpaired) electrons. The number of hydrogen-bond donors (Lipinski definition) is 1. The fraction of sp³-hybridized carbons (Fsp3) is 0.118. The van der Waals surface area contributed by atoms with Crippen LogP contribution >= 0.6 is 22.9 Å². The second-order valence-electron chi connectivity index (χ2n) is 5.11. The van der Waals surface area contributed by atoms with E-state index in [1.165, 1.54) is 34.2 Å². The molecule has 0 saturated heterocycles. The number of amides is 1. The molecule has 0 saturated carbocycles. The lowest BCUT2D eigenvalue weighted by Crippen LogP contribution is -2.32. The Bertz CT molecular complexity index is 937. The van der Waals surface area contributed by atoms with Crippen molar-refractivity contribution in [1.29, 1.82) is 0 Å². The normalized spacial score (nSPS) is 10.6. The number of rotatable bonds is 5. The number of thiophene rings is 1. The first kappa shape index (κ1) is 17.3. The Morgan fingerprint density at radius 1 is 1.24 bits per heavy atom. The molecule has 25 heavy (non-hydrogen) atoms. The van der Waals surface area contributed by atoms with Gasteiger partial charge in [0.2, 0.25) is 0 Å². The van der Waals surface area contributed by atoms with Crippen LogP contribution in [0.2, 0.25) is 5.02 Å². The van der Waals surface area contributed by atoms with Crippen molar-refractivity contribution in [3.05, 3.63) is 74.6 Å². The molecule has 0 atom stereocenters. The summed E-state index contributed by atoms with van der Waals surface area (Å²) in [7, 11) is 0. The maximum atomic E-state index is 13.7. The van der Waals surface area contributed by atoms with Crippen molar-refractivity contribution in [2.24, 2.45) is 0 Å². The van der Waals surface area contributed by atoms with Crippen LogP contribution in [0.4, 0.5) is 4.39 Å². The molecular formula is C17H13ClFN3O2S. The van der Waals surface area contributed by atoms with Gasteiger partial charge in [-0.1, -0.05) is 23.7 Å². The molecule has 1 aromatic carbocycles. The minimum Gasteiger partial charge on any atom is -0.350 e. The van der Waals surface area contributed by atoms with E-state index < -0.39 is 11.7 Å². The summed E-state index contributed by atoms with van der Waals surface area (Å²) in [6, 6.07) is 10.9. The highest BCUT2D eigenvalue weighted by molar-refractivity contribution is 7.13. The van der Waals surface area contributed by atoms with Crippen LogP contribution in [0.3, 0.4) is 0 Å². The van der Waals surface area contributed by atoms with Gasteiger partial charge < -0.3 is 5.32 Å². The highest BCUT2D eigenvalue weighted by atomic mass is 35.5. The van der Waals surface area contributed by atoms with E-state index in [9.17, 15) is 14.0 Å². The molecule has 0 aliphatic heterocycles. The van der Waals surface area contributed by atoms with E-state index in [1.807, 2.05) is 17.5 Å². The van der Waals surface area contributed by atoms with Crippen molar-refractivity contribution >= 4 is 28.8 Å². The average molecular weight is 378 g/mol. The molecule has 1 N–H and O–H groups in total. The van der Waals surface area contributed by atoms with E-state index >= 15 is 0 Å². The predicted molar refractivity (Wildman–Crippen MR) is 95.6 cm³/mol. The van der Waals surface area contributed by atoms with Crippen LogP contribution in [0.15, 0.2) is 52.6 Å². The first-order valence-electron chi connectivity index (χ1n) is 7.40. The van der Waals surface area contributed by atoms with Crippen molar-refractivity contribution in [2.45, 2.75) is 6.54 Å². The molecule has 8 heteroatoms. The number of aromatic nitrogens is 2. The molecule has 3 rings (SSSR count). The van der Waals surface area contributed by atoms with Crippen molar-refractivity contribution < 1.29 is 9.18 Å². The van der Waals surface area contributed by atoms with Gasteiger partial charge in [-0.05, 0) is 29.6 Å². The zero-order valence-corrected chi connectivity index (χ0v) is 14.5. The van der Waals surface area contributed by atoms with Crippen LogP contribution < -0.4 is 10.9 Å². The number of halogens is 2. The van der Waals surface area contributed by atoms with Crippen LogP contribution in [0.1, 0.15) is 10.4 Å². The highest BCUT2D eigenvalue weighted by Crippen LogP contribution is 2.21. The topological polar surface area (TPSA) is 64.0 Å². The molecule has 5 nitrogen and oxygen atoms in total. The predicted octanol–water partition coefficient (Wildman–Crippen LogP) is 3.19. The summed E-state index contributed by atoms with van der Waals surface area (Å²) in [5.41, 5.74) is 0.188. The summed E-state index contributed by atoms with van der Waals surface area (Å²) in [4.78, 5) is 24.9. The number of nitrogens with one attached hydrogen (secondary N) is 1. The molecule has 128 valence electrons. The standard InChI is InChI=1S/C17H13ClFN3O2S/c18-11-3-1-4-12(19)16(11)17(24)20-8-9-22-15(23)7-6-13(21-22)14-5-2-10-25-14/h1-7,10H,8-9H2,(H,20,24). The van der Waals surface area contributed by atoms with Crippen LogP contribution in [0.5, 0.6) is 0 Å². The fourth-order valence-electron chi connectivity index (χ4n) is 2.24. The number of benzene rings is 1. The SMILES string of the molecule is O=C(NCCn1nc(-c2cccs2)ccc1=O)c1c(F)cccc1Cl. The zero-order valence-electron chi connectivity index (χ0n) is 12.9. The van der Waals surface area contributed by atoms with Gasteiger partial charge >= 0.3 is 0 Å². The molecule has 2 aromatic heterocycles. The van der Waals surface area contributed by atoms with Gasteiger partial charge in [-0.25, -0.2) is 9.07 Å². The number of carbonyl (C=O) groups excluding carboxylic acids is 1. The smallest absolute Gasteiger partial charge is 0.266 e. The summed E-state index contributed by atoms with van der Waals surface area (Å²) >= 11 is 7.37. The quantitative estimate of drug-likeness (QED) is 0.742. The molecule has 0 aliphatic rings. The summed E-state index contributed by atoms with van der Waals surface area (Å²) < 4.78 is 15.0. The van der Waals surface area contributed by atoms with E-state index in [-0.39, 0.29) is 29.2 Å². The first-order chi connectivity index (χ1) is 12.1. The number of nitrogens with zero attached hydrogens (tertiary/aromatic N) is 2. The van der Waals surface area contributed by atoms with Crippen molar-refractivity contribution in [1.82, 2.24) is 15.1 Å². The molecular weight excluding hydrogens is 365 g/mol. The van der Waals surface area contributed by atoms with Gasteiger partial charge in [0.25, 0.3) is 11.5 Å². The third-order valence-electron chi connectivity index (χ3n) is 3.44. The largest absolute Gasteiger partial charge is 0.350 e. The number of hydrogen-bond acceptors (Lipinski definition) is 4. The second-order valence-corrected chi connectivity index (χ2v) is 6.46. The molecule has 0 unspecified atom stereocenters. The maximum absolute atomic E-state index is 13.7. The third kappa shape index (κ3) is 3.94. The van der Waals surface area contributed by atoms with Crippen LogP contribution in [0.25, 0.3) is 10.6 Å². The van der Waals surface area contributed by atoms with Crippen LogP contribution in [-0.4, -0.2) is 22.2 Å². The molecule has 0 aliphatic carbocycles. The van der Waals surface area contributed by atoms with Gasteiger partial charge in [0, 0.05) is 12.6 Å². The van der Waals surface area contributed by atoms with Gasteiger partial charge in [-0.3, -0.25) is 9.59 Å². The van der Waals surface area contributed by atoms with Crippen molar-refractivity contribution in [2.75, 3.05) is 6.54 Å². The summed E-state index contributed by atoms with van der Waals surface area (Å²) in [5, 5.41) is 8.79. The van der Waals surface area contributed by atoms with Crippen LogP contribution in [0, 0.1) is 5.82 Å². The third-order valence-corrected chi connectivity index (χ3v) is 4.65. The molecule has 3 aromatic rings. The lowest BCUT2D eigenvalue weighted by atomic mass is 10.2. The van der Waals surface area contributed by atoms with Gasteiger partial charge in [-0.15, -0.1) is 11.3 Å². The van der Waals surface area contributed by atoms with Gasteiger partial charge in [0.05, 0.1) is 22.0 Å². The Morgan fingerprint density at radius 2 is 2.08 bits per heavy atom.